The predicted molar refractivity (Wildman–Crippen MR) is 105 cm³/mol. The minimum Gasteiger partial charge on any atom is -0.495 e. The number of ether oxygens (including phenoxy) is 2. The van der Waals surface area contributed by atoms with E-state index in [9.17, 15) is 4.79 Å². The fraction of sp³-hybridized carbons (Fsp3) is 0.350. The van der Waals surface area contributed by atoms with Crippen LogP contribution >= 0.6 is 11.6 Å². The molecule has 1 amide bonds. The highest BCUT2D eigenvalue weighted by Crippen LogP contribution is 2.33. The third-order valence-electron chi connectivity index (χ3n) is 4.50. The maximum Gasteiger partial charge on any atom is 0.227 e. The number of hydrogen-bond donors (Lipinski definition) is 2. The fourth-order valence-corrected chi connectivity index (χ4v) is 3.08. The SMILES string of the molecule is COc1cc(Cl)c(C)cc1Nc1ccc(NC(=O)C2CCOCC2)cc1. The monoisotopic (exact) mass is 374 g/mol. The number of anilines is 3. The van der Waals surface area contributed by atoms with Gasteiger partial charge in [-0.25, -0.2) is 0 Å². The number of carbonyl (C=O) groups is 1. The number of halogens is 1. The number of rotatable bonds is 5. The van der Waals surface area contributed by atoms with Gasteiger partial charge in [0.15, 0.2) is 0 Å². The van der Waals surface area contributed by atoms with Crippen molar-refractivity contribution in [3.05, 3.63) is 47.0 Å². The zero-order valence-electron chi connectivity index (χ0n) is 15.0. The number of amides is 1. The molecule has 3 rings (SSSR count). The van der Waals surface area contributed by atoms with Crippen LogP contribution < -0.4 is 15.4 Å². The highest BCUT2D eigenvalue weighted by atomic mass is 35.5. The van der Waals surface area contributed by atoms with Crippen LogP contribution in [0.3, 0.4) is 0 Å². The minimum absolute atomic E-state index is 0.0304. The van der Waals surface area contributed by atoms with Gasteiger partial charge in [0, 0.05) is 41.6 Å². The maximum absolute atomic E-state index is 12.3. The topological polar surface area (TPSA) is 59.6 Å². The molecule has 5 nitrogen and oxygen atoms in total. The van der Waals surface area contributed by atoms with Crippen molar-refractivity contribution in [3.8, 4) is 5.75 Å². The van der Waals surface area contributed by atoms with Crippen molar-refractivity contribution in [2.24, 2.45) is 5.92 Å². The van der Waals surface area contributed by atoms with Crippen molar-refractivity contribution >= 4 is 34.6 Å². The van der Waals surface area contributed by atoms with Gasteiger partial charge in [-0.1, -0.05) is 11.6 Å². The van der Waals surface area contributed by atoms with Crippen molar-refractivity contribution in [1.82, 2.24) is 0 Å². The second-order valence-electron chi connectivity index (χ2n) is 6.38. The van der Waals surface area contributed by atoms with Crippen molar-refractivity contribution in [2.45, 2.75) is 19.8 Å². The van der Waals surface area contributed by atoms with Gasteiger partial charge in [-0.15, -0.1) is 0 Å². The summed E-state index contributed by atoms with van der Waals surface area (Å²) in [7, 11) is 1.61. The van der Waals surface area contributed by atoms with E-state index in [0.717, 1.165) is 35.5 Å². The number of carbonyl (C=O) groups excluding carboxylic acids is 1. The Hall–Kier alpha value is -2.24. The van der Waals surface area contributed by atoms with Crippen molar-refractivity contribution in [3.63, 3.8) is 0 Å². The molecule has 0 saturated carbocycles. The molecular weight excluding hydrogens is 352 g/mol. The van der Waals surface area contributed by atoms with Crippen LogP contribution in [0.25, 0.3) is 0 Å². The molecule has 1 aliphatic rings. The van der Waals surface area contributed by atoms with Gasteiger partial charge in [0.2, 0.25) is 5.91 Å². The molecule has 1 fully saturated rings. The zero-order chi connectivity index (χ0) is 18.5. The van der Waals surface area contributed by atoms with Crippen LogP contribution in [0.4, 0.5) is 17.1 Å². The summed E-state index contributed by atoms with van der Waals surface area (Å²) in [6, 6.07) is 11.3. The van der Waals surface area contributed by atoms with Gasteiger partial charge in [-0.3, -0.25) is 4.79 Å². The molecule has 0 radical (unpaired) electrons. The first-order chi connectivity index (χ1) is 12.6. The summed E-state index contributed by atoms with van der Waals surface area (Å²) < 4.78 is 10.7. The van der Waals surface area contributed by atoms with E-state index in [1.807, 2.05) is 37.3 Å². The molecule has 1 heterocycles. The van der Waals surface area contributed by atoms with E-state index in [-0.39, 0.29) is 11.8 Å². The van der Waals surface area contributed by atoms with Crippen LogP contribution in [0.5, 0.6) is 5.75 Å². The average molecular weight is 375 g/mol. The molecule has 2 aromatic rings. The standard InChI is InChI=1S/C20H23ClN2O3/c1-13-11-18(19(25-2)12-17(13)21)22-15-3-5-16(6-4-15)23-20(24)14-7-9-26-10-8-14/h3-6,11-12,14,22H,7-10H2,1-2H3,(H,23,24). The molecule has 0 spiro atoms. The Kier molecular flexibility index (Phi) is 6.01. The highest BCUT2D eigenvalue weighted by molar-refractivity contribution is 6.31. The van der Waals surface area contributed by atoms with Gasteiger partial charge in [0.05, 0.1) is 12.8 Å². The van der Waals surface area contributed by atoms with Crippen LogP contribution in [-0.4, -0.2) is 26.2 Å². The summed E-state index contributed by atoms with van der Waals surface area (Å²) in [6.45, 7) is 3.26. The van der Waals surface area contributed by atoms with Crippen molar-refractivity contribution in [1.29, 1.82) is 0 Å². The molecule has 1 aliphatic heterocycles. The second kappa shape index (κ2) is 8.43. The van der Waals surface area contributed by atoms with Crippen molar-refractivity contribution < 1.29 is 14.3 Å². The molecule has 0 bridgehead atoms. The van der Waals surface area contributed by atoms with Gasteiger partial charge < -0.3 is 20.1 Å². The van der Waals surface area contributed by atoms with Crippen LogP contribution in [0.15, 0.2) is 36.4 Å². The van der Waals surface area contributed by atoms with Gasteiger partial charge in [0.25, 0.3) is 0 Å². The molecule has 0 aromatic heterocycles. The average Bonchev–Trinajstić information content (AvgIpc) is 2.66. The summed E-state index contributed by atoms with van der Waals surface area (Å²) in [6.07, 6.45) is 1.56. The smallest absolute Gasteiger partial charge is 0.227 e. The third kappa shape index (κ3) is 4.48. The van der Waals surface area contributed by atoms with E-state index in [1.54, 1.807) is 13.2 Å². The molecule has 2 N–H and O–H groups in total. The number of nitrogens with one attached hydrogen (secondary N) is 2. The Balaban J connectivity index is 1.66. The lowest BCUT2D eigenvalue weighted by molar-refractivity contribution is -0.122. The summed E-state index contributed by atoms with van der Waals surface area (Å²) in [4.78, 5) is 12.3. The van der Waals surface area contributed by atoms with Crippen LogP contribution in [0.1, 0.15) is 18.4 Å². The number of aryl methyl sites for hydroxylation is 1. The van der Waals surface area contributed by atoms with E-state index in [2.05, 4.69) is 10.6 Å². The Bertz CT molecular complexity index is 771. The number of methoxy groups -OCH3 is 1. The minimum atomic E-state index is 0.0304. The van der Waals surface area contributed by atoms with E-state index < -0.39 is 0 Å². The second-order valence-corrected chi connectivity index (χ2v) is 6.79. The van der Waals surface area contributed by atoms with E-state index in [0.29, 0.717) is 24.0 Å². The Morgan fingerprint density at radius 3 is 2.46 bits per heavy atom. The van der Waals surface area contributed by atoms with Crippen LogP contribution in [0, 0.1) is 12.8 Å². The fourth-order valence-electron chi connectivity index (χ4n) is 2.93. The predicted octanol–water partition coefficient (Wildman–Crippen LogP) is 4.77. The van der Waals surface area contributed by atoms with E-state index in [1.165, 1.54) is 0 Å². The lowest BCUT2D eigenvalue weighted by atomic mass is 9.99. The largest absolute Gasteiger partial charge is 0.495 e. The summed E-state index contributed by atoms with van der Waals surface area (Å²) in [5.74, 6) is 0.768. The van der Waals surface area contributed by atoms with Crippen molar-refractivity contribution in [2.75, 3.05) is 31.0 Å². The Morgan fingerprint density at radius 2 is 1.81 bits per heavy atom. The van der Waals surface area contributed by atoms with E-state index in [4.69, 9.17) is 21.1 Å². The van der Waals surface area contributed by atoms with Crippen LogP contribution in [-0.2, 0) is 9.53 Å². The first kappa shape index (κ1) is 18.5. The number of hydrogen-bond acceptors (Lipinski definition) is 4. The van der Waals surface area contributed by atoms with Crippen LogP contribution in [0.2, 0.25) is 5.02 Å². The van der Waals surface area contributed by atoms with E-state index >= 15 is 0 Å². The normalized spacial score (nSPS) is 14.7. The zero-order valence-corrected chi connectivity index (χ0v) is 15.7. The number of benzene rings is 2. The molecule has 6 heteroatoms. The summed E-state index contributed by atoms with van der Waals surface area (Å²) in [5, 5.41) is 6.97. The van der Waals surface area contributed by atoms with Gasteiger partial charge in [-0.2, -0.15) is 0 Å². The first-order valence-electron chi connectivity index (χ1n) is 8.66. The Morgan fingerprint density at radius 1 is 1.15 bits per heavy atom. The highest BCUT2D eigenvalue weighted by Gasteiger charge is 2.21. The Labute approximate surface area is 158 Å². The molecule has 26 heavy (non-hydrogen) atoms. The lowest BCUT2D eigenvalue weighted by Crippen LogP contribution is -2.28. The molecule has 2 aromatic carbocycles. The van der Waals surface area contributed by atoms with Gasteiger partial charge >= 0.3 is 0 Å². The molecular formula is C20H23ClN2O3. The lowest BCUT2D eigenvalue weighted by Gasteiger charge is -2.21. The quantitative estimate of drug-likeness (QED) is 0.791. The summed E-state index contributed by atoms with van der Waals surface area (Å²) in [5.41, 5.74) is 3.49. The van der Waals surface area contributed by atoms with Gasteiger partial charge in [-0.05, 0) is 55.7 Å². The summed E-state index contributed by atoms with van der Waals surface area (Å²) >= 11 is 6.14. The molecule has 0 unspecified atom stereocenters. The molecule has 138 valence electrons. The third-order valence-corrected chi connectivity index (χ3v) is 4.91. The molecule has 0 aliphatic carbocycles. The molecule has 1 saturated heterocycles. The van der Waals surface area contributed by atoms with Gasteiger partial charge in [0.1, 0.15) is 5.75 Å². The molecule has 0 atom stereocenters. The first-order valence-corrected chi connectivity index (χ1v) is 9.04. The maximum atomic E-state index is 12.3.